The number of urea groups is 1. The van der Waals surface area contributed by atoms with Crippen molar-refractivity contribution in [1.82, 2.24) is 19.9 Å². The molecule has 2 saturated carbocycles. The number of carbonyl (C=O) groups excluding carboxylic acids is 1. The van der Waals surface area contributed by atoms with Gasteiger partial charge < -0.3 is 25.3 Å². The lowest BCUT2D eigenvalue weighted by atomic mass is 9.95. The molecule has 0 unspecified atom stereocenters. The van der Waals surface area contributed by atoms with Crippen LogP contribution in [0.15, 0.2) is 12.3 Å². The molecule has 0 bridgehead atoms. The lowest BCUT2D eigenvalue weighted by Crippen LogP contribution is -2.40. The molecule has 0 radical (unpaired) electrons. The fraction of sp³-hybridized carbons (Fsp3) is 0.650. The van der Waals surface area contributed by atoms with E-state index in [9.17, 15) is 4.79 Å². The predicted octanol–water partition coefficient (Wildman–Crippen LogP) is 2.27. The van der Waals surface area contributed by atoms with Crippen LogP contribution in [0.25, 0.3) is 11.2 Å². The maximum Gasteiger partial charge on any atom is 0.312 e. The highest BCUT2D eigenvalue weighted by Crippen LogP contribution is 2.30. The first-order valence-electron chi connectivity index (χ1n) is 10.3. The number of nitrogens with zero attached hydrogens (tertiary/aromatic N) is 3. The van der Waals surface area contributed by atoms with Crippen molar-refractivity contribution in [2.75, 3.05) is 6.61 Å². The van der Waals surface area contributed by atoms with Gasteiger partial charge >= 0.3 is 6.03 Å². The molecule has 158 valence electrons. The van der Waals surface area contributed by atoms with E-state index in [0.717, 1.165) is 49.8 Å². The number of nitrogens with one attached hydrogen (secondary N) is 1. The zero-order chi connectivity index (χ0) is 20.4. The Bertz CT molecular complexity index is 858. The lowest BCUT2D eigenvalue weighted by Gasteiger charge is -2.29. The number of rotatable bonds is 8. The number of ether oxygens (including phenoxy) is 3. The van der Waals surface area contributed by atoms with Crippen molar-refractivity contribution in [3.8, 4) is 11.8 Å². The monoisotopic (exact) mass is 403 g/mol. The Morgan fingerprint density at radius 1 is 1.21 bits per heavy atom. The van der Waals surface area contributed by atoms with Gasteiger partial charge in [-0.3, -0.25) is 4.57 Å². The molecule has 29 heavy (non-hydrogen) atoms. The Labute approximate surface area is 169 Å². The number of carbonyl (C=O) groups is 1. The first kappa shape index (κ1) is 19.8. The average Bonchev–Trinajstić information content (AvgIpc) is 3.45. The molecule has 3 N–H and O–H groups in total. The molecule has 2 aromatic heterocycles. The van der Waals surface area contributed by atoms with Crippen molar-refractivity contribution in [2.45, 2.75) is 69.8 Å². The van der Waals surface area contributed by atoms with Crippen LogP contribution in [0.5, 0.6) is 11.8 Å². The smallest absolute Gasteiger partial charge is 0.312 e. The zero-order valence-electron chi connectivity index (χ0n) is 17.0. The van der Waals surface area contributed by atoms with Crippen molar-refractivity contribution < 1.29 is 19.0 Å². The quantitative estimate of drug-likeness (QED) is 0.699. The molecule has 1 atom stereocenters. The van der Waals surface area contributed by atoms with Gasteiger partial charge in [0, 0.05) is 13.1 Å². The van der Waals surface area contributed by atoms with E-state index in [1.807, 2.05) is 24.6 Å². The number of aryl methyl sites for hydroxylation is 1. The second kappa shape index (κ2) is 8.44. The van der Waals surface area contributed by atoms with Gasteiger partial charge in [-0.1, -0.05) is 0 Å². The number of fused-ring (bicyclic) bond motifs is 1. The van der Waals surface area contributed by atoms with Gasteiger partial charge in [-0.2, -0.15) is 4.98 Å². The molecule has 0 spiro atoms. The summed E-state index contributed by atoms with van der Waals surface area (Å²) < 4.78 is 19.8. The van der Waals surface area contributed by atoms with Crippen molar-refractivity contribution >= 4 is 17.2 Å². The fourth-order valence-electron chi connectivity index (χ4n) is 3.61. The molecule has 0 aromatic carbocycles. The summed E-state index contributed by atoms with van der Waals surface area (Å²) in [6, 6.07) is 1.94. The van der Waals surface area contributed by atoms with Gasteiger partial charge in [-0.15, -0.1) is 0 Å². The highest BCUT2D eigenvalue weighted by Gasteiger charge is 2.26. The van der Waals surface area contributed by atoms with Crippen LogP contribution in [0.2, 0.25) is 0 Å². The largest absolute Gasteiger partial charge is 0.489 e. The number of aromatic nitrogens is 3. The number of amides is 2. The molecule has 4 rings (SSSR count). The van der Waals surface area contributed by atoms with Gasteiger partial charge in [0.05, 0.1) is 36.6 Å². The SMILES string of the molecule is C[C@@H](COC1CCC(Oc2nc3ncc(OC4CC4)cc3n2C)CC1)NC(N)=O. The molecule has 2 aliphatic carbocycles. The van der Waals surface area contributed by atoms with Gasteiger partial charge in [-0.05, 0) is 45.4 Å². The van der Waals surface area contributed by atoms with Gasteiger partial charge in [-0.25, -0.2) is 9.78 Å². The van der Waals surface area contributed by atoms with Crippen LogP contribution in [-0.4, -0.2) is 51.5 Å². The van der Waals surface area contributed by atoms with E-state index in [-0.39, 0.29) is 18.2 Å². The third kappa shape index (κ3) is 5.09. The van der Waals surface area contributed by atoms with E-state index in [1.54, 1.807) is 6.20 Å². The van der Waals surface area contributed by atoms with Crippen molar-refractivity contribution in [3.05, 3.63) is 12.3 Å². The van der Waals surface area contributed by atoms with Gasteiger partial charge in [0.1, 0.15) is 11.9 Å². The minimum Gasteiger partial charge on any atom is -0.489 e. The lowest BCUT2D eigenvalue weighted by molar-refractivity contribution is -0.00549. The molecule has 2 heterocycles. The van der Waals surface area contributed by atoms with Crippen LogP contribution >= 0.6 is 0 Å². The van der Waals surface area contributed by atoms with E-state index in [2.05, 4.69) is 15.3 Å². The zero-order valence-corrected chi connectivity index (χ0v) is 17.0. The molecule has 2 aliphatic rings. The summed E-state index contributed by atoms with van der Waals surface area (Å²) in [7, 11) is 1.94. The Hall–Kier alpha value is -2.55. The van der Waals surface area contributed by atoms with E-state index in [0.29, 0.717) is 24.4 Å². The molecule has 9 nitrogen and oxygen atoms in total. The minimum atomic E-state index is -0.527. The maximum atomic E-state index is 10.9. The number of nitrogens with two attached hydrogens (primary N) is 1. The summed E-state index contributed by atoms with van der Waals surface area (Å²) in [4.78, 5) is 19.8. The molecule has 0 aliphatic heterocycles. The first-order valence-corrected chi connectivity index (χ1v) is 10.3. The second-order valence-electron chi connectivity index (χ2n) is 8.04. The van der Waals surface area contributed by atoms with Gasteiger partial charge in [0.15, 0.2) is 5.65 Å². The Kier molecular flexibility index (Phi) is 5.75. The third-order valence-electron chi connectivity index (χ3n) is 5.36. The van der Waals surface area contributed by atoms with Gasteiger partial charge in [0.2, 0.25) is 0 Å². The van der Waals surface area contributed by atoms with Crippen molar-refractivity contribution in [3.63, 3.8) is 0 Å². The van der Waals surface area contributed by atoms with Crippen LogP contribution in [-0.2, 0) is 11.8 Å². The second-order valence-corrected chi connectivity index (χ2v) is 8.04. The molecular weight excluding hydrogens is 374 g/mol. The van der Waals surface area contributed by atoms with Crippen molar-refractivity contribution in [2.24, 2.45) is 12.8 Å². The summed E-state index contributed by atoms with van der Waals surface area (Å²) in [5, 5.41) is 2.62. The van der Waals surface area contributed by atoms with E-state index < -0.39 is 6.03 Å². The number of hydrogen-bond acceptors (Lipinski definition) is 6. The fourth-order valence-corrected chi connectivity index (χ4v) is 3.61. The molecule has 2 amide bonds. The summed E-state index contributed by atoms with van der Waals surface area (Å²) in [5.74, 6) is 0.785. The highest BCUT2D eigenvalue weighted by molar-refractivity contribution is 5.74. The number of primary amides is 1. The summed E-state index contributed by atoms with van der Waals surface area (Å²) in [6.45, 7) is 2.33. The Morgan fingerprint density at radius 2 is 1.86 bits per heavy atom. The molecule has 2 fully saturated rings. The molecule has 2 aromatic rings. The highest BCUT2D eigenvalue weighted by atomic mass is 16.5. The van der Waals surface area contributed by atoms with Crippen LogP contribution in [0, 0.1) is 0 Å². The predicted molar refractivity (Wildman–Crippen MR) is 107 cm³/mol. The maximum absolute atomic E-state index is 10.9. The molecular formula is C20H29N5O4. The normalized spacial score (nSPS) is 23.0. The minimum absolute atomic E-state index is 0.0947. The van der Waals surface area contributed by atoms with E-state index >= 15 is 0 Å². The van der Waals surface area contributed by atoms with Crippen LogP contribution in [0.3, 0.4) is 0 Å². The first-order chi connectivity index (χ1) is 14.0. The summed E-state index contributed by atoms with van der Waals surface area (Å²) >= 11 is 0. The van der Waals surface area contributed by atoms with Crippen LogP contribution in [0.4, 0.5) is 4.79 Å². The van der Waals surface area contributed by atoms with E-state index in [4.69, 9.17) is 19.9 Å². The Balaban J connectivity index is 1.29. The van der Waals surface area contributed by atoms with E-state index in [1.165, 1.54) is 0 Å². The number of hydrogen-bond donors (Lipinski definition) is 2. The third-order valence-corrected chi connectivity index (χ3v) is 5.36. The summed E-state index contributed by atoms with van der Waals surface area (Å²) in [6.07, 6.45) is 8.20. The van der Waals surface area contributed by atoms with Gasteiger partial charge in [0.25, 0.3) is 6.01 Å². The standard InChI is InChI=1S/C20H29N5O4/c1-12(23-19(21)26)11-27-13-3-5-15(6-4-13)29-20-24-18-17(25(20)2)9-16(10-22-18)28-14-7-8-14/h9-10,12-15H,3-8,11H2,1-2H3,(H3,21,23,26)/t12-,13?,15?/m0/s1. The molecule has 0 saturated heterocycles. The average molecular weight is 403 g/mol. The van der Waals surface area contributed by atoms with Crippen LogP contribution in [0.1, 0.15) is 45.4 Å². The summed E-state index contributed by atoms with van der Waals surface area (Å²) in [5.41, 5.74) is 6.70. The van der Waals surface area contributed by atoms with Crippen LogP contribution < -0.4 is 20.5 Å². The number of imidazole rings is 1. The number of pyridine rings is 1. The Morgan fingerprint density at radius 3 is 2.55 bits per heavy atom. The van der Waals surface area contributed by atoms with Crippen molar-refractivity contribution in [1.29, 1.82) is 0 Å². The topological polar surface area (TPSA) is 114 Å². The molecule has 9 heteroatoms.